The predicted molar refractivity (Wildman–Crippen MR) is 123 cm³/mol. The molecule has 1 aliphatic heterocycles. The molecule has 1 aromatic rings. The number of halogens is 1. The lowest BCUT2D eigenvalue weighted by Gasteiger charge is -2.40. The number of rotatable bonds is 6. The van der Waals surface area contributed by atoms with Gasteiger partial charge in [0.25, 0.3) is 0 Å². The van der Waals surface area contributed by atoms with Crippen LogP contribution in [0.5, 0.6) is 5.75 Å². The third-order valence-electron chi connectivity index (χ3n) is 4.73. The summed E-state index contributed by atoms with van der Waals surface area (Å²) < 4.78 is 11.4. The highest BCUT2D eigenvalue weighted by Crippen LogP contribution is 2.33. The van der Waals surface area contributed by atoms with E-state index in [0.29, 0.717) is 12.5 Å². The number of methoxy groups -OCH3 is 1. The molecule has 0 aromatic heterocycles. The molecule has 1 fully saturated rings. The minimum absolute atomic E-state index is 0. The second-order valence-corrected chi connectivity index (χ2v) is 7.99. The van der Waals surface area contributed by atoms with E-state index in [9.17, 15) is 0 Å². The molecular formula is C21H36IN3O2. The smallest absolute Gasteiger partial charge is 0.191 e. The van der Waals surface area contributed by atoms with Crippen LogP contribution in [0.2, 0.25) is 0 Å². The fraction of sp³-hybridized carbons (Fsp3) is 0.667. The van der Waals surface area contributed by atoms with Crippen molar-refractivity contribution in [3.8, 4) is 5.75 Å². The fourth-order valence-corrected chi connectivity index (χ4v) is 3.52. The lowest BCUT2D eigenvalue weighted by molar-refractivity contribution is -0.0835. The summed E-state index contributed by atoms with van der Waals surface area (Å²) in [6.07, 6.45) is 2.62. The number of nitrogens with zero attached hydrogens (tertiary/aromatic N) is 1. The number of hydrogen-bond acceptors (Lipinski definition) is 3. The first-order valence-electron chi connectivity index (χ1n) is 9.70. The van der Waals surface area contributed by atoms with Gasteiger partial charge in [-0.2, -0.15) is 0 Å². The van der Waals surface area contributed by atoms with Crippen LogP contribution in [0.25, 0.3) is 0 Å². The van der Waals surface area contributed by atoms with E-state index in [4.69, 9.17) is 14.5 Å². The second-order valence-electron chi connectivity index (χ2n) is 7.99. The molecule has 1 saturated heterocycles. The highest BCUT2D eigenvalue weighted by molar-refractivity contribution is 14.0. The molecule has 6 heteroatoms. The van der Waals surface area contributed by atoms with Crippen molar-refractivity contribution in [2.75, 3.05) is 26.8 Å². The minimum atomic E-state index is 0. The first-order chi connectivity index (χ1) is 12.4. The van der Waals surface area contributed by atoms with Crippen LogP contribution in [0.4, 0.5) is 0 Å². The molecule has 154 valence electrons. The molecule has 0 radical (unpaired) electrons. The Balaban J connectivity index is 0.00000364. The van der Waals surface area contributed by atoms with Crippen molar-refractivity contribution >= 4 is 29.9 Å². The Hall–Kier alpha value is -1.02. The molecule has 0 saturated carbocycles. The number of ether oxygens (including phenoxy) is 2. The summed E-state index contributed by atoms with van der Waals surface area (Å²) in [4.78, 5) is 4.73. The molecule has 0 aliphatic carbocycles. The lowest BCUT2D eigenvalue weighted by atomic mass is 9.78. The molecule has 0 bridgehead atoms. The summed E-state index contributed by atoms with van der Waals surface area (Å²) in [6.45, 7) is 12.1. The first-order valence-corrected chi connectivity index (χ1v) is 9.70. The van der Waals surface area contributed by atoms with Gasteiger partial charge in [0.05, 0.1) is 19.8 Å². The summed E-state index contributed by atoms with van der Waals surface area (Å²) in [6, 6.07) is 8.04. The zero-order valence-electron chi connectivity index (χ0n) is 17.4. The van der Waals surface area contributed by atoms with Gasteiger partial charge in [-0.05, 0) is 42.9 Å². The topological polar surface area (TPSA) is 54.9 Å². The Morgan fingerprint density at radius 3 is 2.74 bits per heavy atom. The molecule has 27 heavy (non-hydrogen) atoms. The van der Waals surface area contributed by atoms with E-state index in [-0.39, 0.29) is 35.5 Å². The van der Waals surface area contributed by atoms with E-state index >= 15 is 0 Å². The fourth-order valence-electron chi connectivity index (χ4n) is 3.52. The third kappa shape index (κ3) is 7.86. The second kappa shape index (κ2) is 11.7. The number of benzene rings is 1. The standard InChI is InChI=1S/C21H35N3O2.HI/c1-6-22-20(23-14-16-9-7-11-18(13-16)25-5)24-15-17-10-8-12-26-19(17)21(2,3)4;/h7,9,11,13,17,19H,6,8,10,12,14-15H2,1-5H3,(H2,22,23,24);1H. The van der Waals surface area contributed by atoms with Crippen LogP contribution in [-0.4, -0.2) is 38.9 Å². The predicted octanol–water partition coefficient (Wildman–Crippen LogP) is 4.21. The highest BCUT2D eigenvalue weighted by atomic mass is 127. The van der Waals surface area contributed by atoms with Crippen molar-refractivity contribution in [1.29, 1.82) is 0 Å². The van der Waals surface area contributed by atoms with Crippen LogP contribution >= 0.6 is 24.0 Å². The summed E-state index contributed by atoms with van der Waals surface area (Å²) in [5, 5.41) is 6.86. The maximum atomic E-state index is 6.09. The molecule has 1 aliphatic rings. The molecular weight excluding hydrogens is 453 g/mol. The monoisotopic (exact) mass is 489 g/mol. The van der Waals surface area contributed by atoms with Gasteiger partial charge in [0.2, 0.25) is 0 Å². The number of nitrogens with one attached hydrogen (secondary N) is 2. The summed E-state index contributed by atoms with van der Waals surface area (Å²) in [7, 11) is 1.69. The van der Waals surface area contributed by atoms with Crippen LogP contribution in [0.15, 0.2) is 29.3 Å². The average Bonchev–Trinajstić information content (AvgIpc) is 2.63. The van der Waals surface area contributed by atoms with Gasteiger partial charge in [0.15, 0.2) is 5.96 Å². The Bertz CT molecular complexity index is 587. The first kappa shape index (κ1) is 24.0. The normalized spacial score (nSPS) is 20.6. The van der Waals surface area contributed by atoms with Crippen molar-refractivity contribution in [3.05, 3.63) is 29.8 Å². The molecule has 2 rings (SSSR count). The maximum Gasteiger partial charge on any atom is 0.191 e. The molecule has 1 aromatic carbocycles. The van der Waals surface area contributed by atoms with Gasteiger partial charge in [0, 0.05) is 25.6 Å². The molecule has 2 atom stereocenters. The van der Waals surface area contributed by atoms with E-state index in [1.54, 1.807) is 7.11 Å². The zero-order valence-corrected chi connectivity index (χ0v) is 19.7. The van der Waals surface area contributed by atoms with Gasteiger partial charge in [-0.1, -0.05) is 32.9 Å². The molecule has 5 nitrogen and oxygen atoms in total. The van der Waals surface area contributed by atoms with E-state index < -0.39 is 0 Å². The summed E-state index contributed by atoms with van der Waals surface area (Å²) in [5.41, 5.74) is 1.29. The number of hydrogen-bond donors (Lipinski definition) is 2. The number of aliphatic imine (C=N–C) groups is 1. The average molecular weight is 489 g/mol. The molecule has 1 heterocycles. The maximum absolute atomic E-state index is 6.09. The van der Waals surface area contributed by atoms with Gasteiger partial charge in [-0.25, -0.2) is 4.99 Å². The quantitative estimate of drug-likeness (QED) is 0.357. The SMILES string of the molecule is CCNC(=NCc1cccc(OC)c1)NCC1CCCOC1C(C)(C)C.I. The largest absolute Gasteiger partial charge is 0.497 e. The minimum Gasteiger partial charge on any atom is -0.497 e. The van der Waals surface area contributed by atoms with Gasteiger partial charge < -0.3 is 20.1 Å². The van der Waals surface area contributed by atoms with Crippen molar-refractivity contribution in [2.45, 2.75) is 53.2 Å². The van der Waals surface area contributed by atoms with E-state index in [2.05, 4.69) is 44.4 Å². The van der Waals surface area contributed by atoms with Crippen molar-refractivity contribution in [2.24, 2.45) is 16.3 Å². The van der Waals surface area contributed by atoms with Crippen LogP contribution in [0, 0.1) is 11.3 Å². The molecule has 2 N–H and O–H groups in total. The highest BCUT2D eigenvalue weighted by Gasteiger charge is 2.35. The van der Waals surface area contributed by atoms with Gasteiger partial charge in [-0.15, -0.1) is 24.0 Å². The zero-order chi connectivity index (χ0) is 19.0. The molecule has 0 amide bonds. The number of guanidine groups is 1. The Kier molecular flexibility index (Phi) is 10.4. The Morgan fingerprint density at radius 1 is 1.30 bits per heavy atom. The Morgan fingerprint density at radius 2 is 2.07 bits per heavy atom. The van der Waals surface area contributed by atoms with Crippen LogP contribution in [-0.2, 0) is 11.3 Å². The van der Waals surface area contributed by atoms with Crippen molar-refractivity contribution in [3.63, 3.8) is 0 Å². The lowest BCUT2D eigenvalue weighted by Crippen LogP contribution is -2.47. The molecule has 0 spiro atoms. The van der Waals surface area contributed by atoms with E-state index in [1.807, 2.05) is 18.2 Å². The summed E-state index contributed by atoms with van der Waals surface area (Å²) >= 11 is 0. The Labute approximate surface area is 181 Å². The van der Waals surface area contributed by atoms with Crippen LogP contribution < -0.4 is 15.4 Å². The molecule has 2 unspecified atom stereocenters. The van der Waals surface area contributed by atoms with Crippen molar-refractivity contribution < 1.29 is 9.47 Å². The van der Waals surface area contributed by atoms with Crippen LogP contribution in [0.1, 0.15) is 46.1 Å². The van der Waals surface area contributed by atoms with E-state index in [0.717, 1.165) is 43.4 Å². The van der Waals surface area contributed by atoms with Crippen molar-refractivity contribution in [1.82, 2.24) is 10.6 Å². The van der Waals surface area contributed by atoms with Crippen LogP contribution in [0.3, 0.4) is 0 Å². The van der Waals surface area contributed by atoms with E-state index in [1.165, 1.54) is 6.42 Å². The van der Waals surface area contributed by atoms with Gasteiger partial charge >= 0.3 is 0 Å². The third-order valence-corrected chi connectivity index (χ3v) is 4.73. The summed E-state index contributed by atoms with van der Waals surface area (Å²) in [5.74, 6) is 2.22. The van der Waals surface area contributed by atoms with Gasteiger partial charge in [-0.3, -0.25) is 0 Å². The van der Waals surface area contributed by atoms with Gasteiger partial charge in [0.1, 0.15) is 5.75 Å².